The van der Waals surface area contributed by atoms with Crippen LogP contribution in [-0.2, 0) is 6.42 Å². The second-order valence-corrected chi connectivity index (χ2v) is 2.95. The molecule has 0 atom stereocenters. The molecule has 0 amide bonds. The van der Waals surface area contributed by atoms with Gasteiger partial charge < -0.3 is 5.73 Å². The van der Waals surface area contributed by atoms with Crippen LogP contribution in [0.2, 0.25) is 0 Å². The summed E-state index contributed by atoms with van der Waals surface area (Å²) in [5.41, 5.74) is 6.99. The topological polar surface area (TPSA) is 30.4 Å². The fraction of sp³-hybridized carbons (Fsp3) is 0.111. The van der Waals surface area contributed by atoms with Gasteiger partial charge in [-0.2, -0.15) is 0 Å². The van der Waals surface area contributed by atoms with Crippen LogP contribution >= 0.6 is 12.2 Å². The molecule has 0 bridgehead atoms. The highest BCUT2D eigenvalue weighted by molar-refractivity contribution is 7.80. The van der Waals surface area contributed by atoms with Crippen LogP contribution in [-0.4, -0.2) is 4.99 Å². The van der Waals surface area contributed by atoms with Crippen molar-refractivity contribution in [1.29, 1.82) is 0 Å². The molecular formula is C9H8N2S. The van der Waals surface area contributed by atoms with Gasteiger partial charge in [0.1, 0.15) is 0 Å². The smallest absolute Gasteiger partial charge is 0.187 e. The molecule has 2 N–H and O–H groups in total. The first-order valence-corrected chi connectivity index (χ1v) is 3.88. The maximum absolute atomic E-state index is 6.78. The summed E-state index contributed by atoms with van der Waals surface area (Å²) in [6.45, 7) is 6.78. The Kier molecular flexibility index (Phi) is 2.78. The van der Waals surface area contributed by atoms with E-state index >= 15 is 0 Å². The van der Waals surface area contributed by atoms with E-state index in [0.717, 1.165) is 5.56 Å². The molecular weight excluding hydrogens is 168 g/mol. The van der Waals surface area contributed by atoms with Crippen molar-refractivity contribution in [1.82, 2.24) is 0 Å². The molecule has 3 heteroatoms. The van der Waals surface area contributed by atoms with Crippen molar-refractivity contribution >= 4 is 22.9 Å². The van der Waals surface area contributed by atoms with Crippen molar-refractivity contribution < 1.29 is 0 Å². The van der Waals surface area contributed by atoms with Gasteiger partial charge in [-0.25, -0.2) is 4.85 Å². The van der Waals surface area contributed by atoms with E-state index in [1.807, 2.05) is 12.1 Å². The van der Waals surface area contributed by atoms with E-state index < -0.39 is 0 Å². The zero-order valence-electron chi connectivity index (χ0n) is 6.45. The number of hydrogen-bond acceptors (Lipinski definition) is 1. The average Bonchev–Trinajstić information content (AvgIpc) is 2.03. The first kappa shape index (κ1) is 8.69. The van der Waals surface area contributed by atoms with Crippen molar-refractivity contribution in [3.63, 3.8) is 0 Å². The normalized spacial score (nSPS) is 8.92. The van der Waals surface area contributed by atoms with Crippen LogP contribution in [0, 0.1) is 6.57 Å². The van der Waals surface area contributed by atoms with Gasteiger partial charge in [0.25, 0.3) is 0 Å². The molecule has 0 aliphatic heterocycles. The Balaban J connectivity index is 2.88. The van der Waals surface area contributed by atoms with Crippen LogP contribution in [0.1, 0.15) is 5.56 Å². The quantitative estimate of drug-likeness (QED) is 0.552. The van der Waals surface area contributed by atoms with E-state index in [0.29, 0.717) is 17.1 Å². The molecule has 1 aromatic rings. The maximum Gasteiger partial charge on any atom is 0.187 e. The third-order valence-electron chi connectivity index (χ3n) is 1.42. The van der Waals surface area contributed by atoms with Gasteiger partial charge in [-0.3, -0.25) is 0 Å². The van der Waals surface area contributed by atoms with Crippen molar-refractivity contribution in [3.05, 3.63) is 41.2 Å². The summed E-state index contributed by atoms with van der Waals surface area (Å²) in [5.74, 6) is 0. The Morgan fingerprint density at radius 3 is 2.92 bits per heavy atom. The van der Waals surface area contributed by atoms with Crippen molar-refractivity contribution in [2.24, 2.45) is 5.73 Å². The van der Waals surface area contributed by atoms with Gasteiger partial charge in [-0.1, -0.05) is 42.0 Å². The minimum atomic E-state index is 0.456. The fourth-order valence-electron chi connectivity index (χ4n) is 0.937. The average molecular weight is 176 g/mol. The predicted molar refractivity (Wildman–Crippen MR) is 53.2 cm³/mol. The summed E-state index contributed by atoms with van der Waals surface area (Å²) in [4.78, 5) is 3.76. The minimum absolute atomic E-state index is 0.456. The molecule has 0 aliphatic rings. The van der Waals surface area contributed by atoms with Gasteiger partial charge in [0.15, 0.2) is 5.69 Å². The van der Waals surface area contributed by atoms with Crippen molar-refractivity contribution in [3.8, 4) is 0 Å². The lowest BCUT2D eigenvalue weighted by molar-refractivity contribution is 1.33. The zero-order valence-corrected chi connectivity index (χ0v) is 7.27. The summed E-state index contributed by atoms with van der Waals surface area (Å²) in [6.07, 6.45) is 0.568. The van der Waals surface area contributed by atoms with E-state index in [4.69, 9.17) is 24.5 Å². The number of thiocarbonyl (C=S) groups is 1. The summed E-state index contributed by atoms with van der Waals surface area (Å²) in [5, 5.41) is 0. The van der Waals surface area contributed by atoms with Crippen molar-refractivity contribution in [2.75, 3.05) is 0 Å². The monoisotopic (exact) mass is 176 g/mol. The molecule has 60 valence electrons. The number of nitrogens with zero attached hydrogens (tertiary/aromatic N) is 1. The summed E-state index contributed by atoms with van der Waals surface area (Å²) in [7, 11) is 0. The second kappa shape index (κ2) is 3.84. The molecule has 0 spiro atoms. The number of nitrogens with two attached hydrogens (primary N) is 1. The van der Waals surface area contributed by atoms with Crippen LogP contribution < -0.4 is 5.73 Å². The predicted octanol–water partition coefficient (Wildman–Crippen LogP) is 2.07. The molecule has 0 heterocycles. The van der Waals surface area contributed by atoms with Crippen LogP contribution in [0.4, 0.5) is 5.69 Å². The molecule has 0 aromatic heterocycles. The molecule has 12 heavy (non-hydrogen) atoms. The highest BCUT2D eigenvalue weighted by Crippen LogP contribution is 2.13. The highest BCUT2D eigenvalue weighted by atomic mass is 32.1. The van der Waals surface area contributed by atoms with Gasteiger partial charge in [-0.15, -0.1) is 0 Å². The molecule has 0 saturated heterocycles. The number of benzene rings is 1. The Hall–Kier alpha value is -1.40. The van der Waals surface area contributed by atoms with E-state index in [-0.39, 0.29) is 0 Å². The van der Waals surface area contributed by atoms with E-state index in [2.05, 4.69) is 4.85 Å². The first-order chi connectivity index (χ1) is 5.72. The van der Waals surface area contributed by atoms with Crippen LogP contribution in [0.25, 0.3) is 4.85 Å². The van der Waals surface area contributed by atoms with E-state index in [9.17, 15) is 0 Å². The molecule has 0 radical (unpaired) electrons. The van der Waals surface area contributed by atoms with Gasteiger partial charge in [-0.05, 0) is 0 Å². The fourth-order valence-corrected chi connectivity index (χ4v) is 1.10. The maximum atomic E-state index is 6.78. The molecule has 1 rings (SSSR count). The van der Waals surface area contributed by atoms with Crippen molar-refractivity contribution in [2.45, 2.75) is 6.42 Å². The van der Waals surface area contributed by atoms with Gasteiger partial charge in [0, 0.05) is 6.42 Å². The Bertz CT molecular complexity index is 339. The molecule has 1 aromatic carbocycles. The Labute approximate surface area is 76.8 Å². The van der Waals surface area contributed by atoms with Crippen LogP contribution in [0.5, 0.6) is 0 Å². The lowest BCUT2D eigenvalue weighted by Crippen LogP contribution is -2.10. The summed E-state index contributed by atoms with van der Waals surface area (Å²) >= 11 is 4.76. The number of hydrogen-bond donors (Lipinski definition) is 1. The third kappa shape index (κ3) is 2.33. The lowest BCUT2D eigenvalue weighted by Gasteiger charge is -1.98. The summed E-state index contributed by atoms with van der Waals surface area (Å²) in [6, 6.07) is 7.30. The van der Waals surface area contributed by atoms with Gasteiger partial charge in [0.2, 0.25) is 0 Å². The number of rotatable bonds is 2. The van der Waals surface area contributed by atoms with E-state index in [1.165, 1.54) is 0 Å². The SMILES string of the molecule is [C-]#[N+]c1cccc(CC(N)=S)c1. The molecule has 0 fully saturated rings. The minimum Gasteiger partial charge on any atom is -0.393 e. The van der Waals surface area contributed by atoms with Crippen LogP contribution in [0.3, 0.4) is 0 Å². The zero-order chi connectivity index (χ0) is 8.97. The largest absolute Gasteiger partial charge is 0.393 e. The summed E-state index contributed by atoms with van der Waals surface area (Å²) < 4.78 is 0. The molecule has 2 nitrogen and oxygen atoms in total. The Morgan fingerprint density at radius 1 is 1.58 bits per heavy atom. The molecule has 0 saturated carbocycles. The highest BCUT2D eigenvalue weighted by Gasteiger charge is 1.95. The third-order valence-corrected chi connectivity index (χ3v) is 1.56. The molecule has 0 unspecified atom stereocenters. The molecule has 0 aliphatic carbocycles. The second-order valence-electron chi connectivity index (χ2n) is 2.42. The van der Waals surface area contributed by atoms with Gasteiger partial charge >= 0.3 is 0 Å². The van der Waals surface area contributed by atoms with E-state index in [1.54, 1.807) is 12.1 Å². The Morgan fingerprint density at radius 2 is 2.33 bits per heavy atom. The first-order valence-electron chi connectivity index (χ1n) is 3.47. The lowest BCUT2D eigenvalue weighted by atomic mass is 10.1. The van der Waals surface area contributed by atoms with Crippen LogP contribution in [0.15, 0.2) is 24.3 Å². The standard InChI is InChI=1S/C9H8N2S/c1-11-8-4-2-3-7(5-8)6-9(10)12/h2-5H,6H2,(H2,10,12). The van der Waals surface area contributed by atoms with Gasteiger partial charge in [0.05, 0.1) is 11.6 Å².